The molecule has 0 saturated carbocycles. The van der Waals surface area contributed by atoms with Gasteiger partial charge in [0.05, 0.1) is 0 Å². The van der Waals surface area contributed by atoms with Crippen molar-refractivity contribution in [1.82, 2.24) is 10.6 Å². The summed E-state index contributed by atoms with van der Waals surface area (Å²) < 4.78 is 1.13. The van der Waals surface area contributed by atoms with Crippen LogP contribution in [0.4, 0.5) is 0 Å². The molecule has 2 heterocycles. The minimum absolute atomic E-state index is 0.194. The quantitative estimate of drug-likeness (QED) is 0.871. The number of carbonyl (C=O) groups is 1. The van der Waals surface area contributed by atoms with E-state index in [1.807, 2.05) is 0 Å². The highest BCUT2D eigenvalue weighted by Gasteiger charge is 2.16. The molecule has 1 atom stereocenters. The van der Waals surface area contributed by atoms with Gasteiger partial charge in [0.2, 0.25) is 5.91 Å². The molecule has 1 aliphatic rings. The Morgan fingerprint density at radius 2 is 2.50 bits per heavy atom. The molecule has 0 aromatic carbocycles. The van der Waals surface area contributed by atoms with Gasteiger partial charge in [0.1, 0.15) is 0 Å². The number of amides is 1. The van der Waals surface area contributed by atoms with E-state index < -0.39 is 0 Å². The van der Waals surface area contributed by atoms with Crippen molar-refractivity contribution in [2.24, 2.45) is 5.92 Å². The second kappa shape index (κ2) is 7.26. The molecule has 0 aliphatic carbocycles. The van der Waals surface area contributed by atoms with Crippen LogP contribution in [0.3, 0.4) is 0 Å². The summed E-state index contributed by atoms with van der Waals surface area (Å²) >= 11 is 5.16. The SMILES string of the molecule is O=C(CC1CCCNC1)NCCc1cc(Br)cs1. The first-order valence-electron chi connectivity index (χ1n) is 6.44. The van der Waals surface area contributed by atoms with Crippen LogP contribution in [0.25, 0.3) is 0 Å². The number of piperidine rings is 1. The van der Waals surface area contributed by atoms with Crippen LogP contribution in [0.15, 0.2) is 15.9 Å². The maximum atomic E-state index is 11.8. The van der Waals surface area contributed by atoms with Crippen LogP contribution in [0.2, 0.25) is 0 Å². The van der Waals surface area contributed by atoms with Crippen LogP contribution in [0, 0.1) is 5.92 Å². The average Bonchev–Trinajstić information content (AvgIpc) is 2.76. The van der Waals surface area contributed by atoms with Crippen molar-refractivity contribution in [2.45, 2.75) is 25.7 Å². The predicted octanol–water partition coefficient (Wildman–Crippen LogP) is 2.56. The van der Waals surface area contributed by atoms with E-state index in [4.69, 9.17) is 0 Å². The Kier molecular flexibility index (Phi) is 5.66. The third-order valence-electron chi connectivity index (χ3n) is 3.19. The first-order chi connectivity index (χ1) is 8.74. The van der Waals surface area contributed by atoms with Gasteiger partial charge in [0.25, 0.3) is 0 Å². The van der Waals surface area contributed by atoms with Gasteiger partial charge < -0.3 is 10.6 Å². The van der Waals surface area contributed by atoms with Gasteiger partial charge >= 0.3 is 0 Å². The molecular formula is C13H19BrN2OS. The molecule has 1 fully saturated rings. The predicted molar refractivity (Wildman–Crippen MR) is 78.9 cm³/mol. The molecule has 0 bridgehead atoms. The molecule has 2 N–H and O–H groups in total. The second-order valence-electron chi connectivity index (χ2n) is 4.75. The summed E-state index contributed by atoms with van der Waals surface area (Å²) in [7, 11) is 0. The highest BCUT2D eigenvalue weighted by Crippen LogP contribution is 2.19. The zero-order valence-corrected chi connectivity index (χ0v) is 12.8. The summed E-state index contributed by atoms with van der Waals surface area (Å²) in [5.41, 5.74) is 0. The van der Waals surface area contributed by atoms with Crippen molar-refractivity contribution in [2.75, 3.05) is 19.6 Å². The number of hydrogen-bond acceptors (Lipinski definition) is 3. The van der Waals surface area contributed by atoms with Gasteiger partial charge in [-0.2, -0.15) is 0 Å². The van der Waals surface area contributed by atoms with E-state index in [2.05, 4.69) is 38.0 Å². The topological polar surface area (TPSA) is 41.1 Å². The molecule has 1 unspecified atom stereocenters. The first-order valence-corrected chi connectivity index (χ1v) is 8.11. The van der Waals surface area contributed by atoms with Gasteiger partial charge in [-0.25, -0.2) is 0 Å². The van der Waals surface area contributed by atoms with Crippen LogP contribution >= 0.6 is 27.3 Å². The number of hydrogen-bond donors (Lipinski definition) is 2. The Hall–Kier alpha value is -0.390. The van der Waals surface area contributed by atoms with Gasteiger partial charge in [0, 0.05) is 27.7 Å². The fourth-order valence-electron chi connectivity index (χ4n) is 2.24. The van der Waals surface area contributed by atoms with Crippen molar-refractivity contribution in [3.05, 3.63) is 20.8 Å². The van der Waals surface area contributed by atoms with Crippen LogP contribution < -0.4 is 10.6 Å². The smallest absolute Gasteiger partial charge is 0.220 e. The maximum absolute atomic E-state index is 11.8. The number of thiophene rings is 1. The summed E-state index contributed by atoms with van der Waals surface area (Å²) in [5, 5.41) is 8.43. The first kappa shape index (κ1) is 14.0. The van der Waals surface area contributed by atoms with Crippen LogP contribution in [0.1, 0.15) is 24.1 Å². The summed E-state index contributed by atoms with van der Waals surface area (Å²) in [4.78, 5) is 13.1. The molecule has 18 heavy (non-hydrogen) atoms. The lowest BCUT2D eigenvalue weighted by molar-refractivity contribution is -0.122. The molecule has 1 aliphatic heterocycles. The van der Waals surface area contributed by atoms with Crippen molar-refractivity contribution >= 4 is 33.2 Å². The van der Waals surface area contributed by atoms with Gasteiger partial charge in [0.15, 0.2) is 0 Å². The molecule has 1 amide bonds. The Balaban J connectivity index is 1.62. The third kappa shape index (κ3) is 4.71. The molecule has 100 valence electrons. The van der Waals surface area contributed by atoms with E-state index in [9.17, 15) is 4.79 Å². The van der Waals surface area contributed by atoms with E-state index in [0.29, 0.717) is 12.3 Å². The molecule has 5 heteroatoms. The molecule has 3 nitrogen and oxygen atoms in total. The van der Waals surface area contributed by atoms with Crippen molar-refractivity contribution in [3.8, 4) is 0 Å². The van der Waals surface area contributed by atoms with Gasteiger partial charge in [-0.1, -0.05) is 0 Å². The van der Waals surface area contributed by atoms with Crippen molar-refractivity contribution in [1.29, 1.82) is 0 Å². The third-order valence-corrected chi connectivity index (χ3v) is 4.95. The summed E-state index contributed by atoms with van der Waals surface area (Å²) in [6.45, 7) is 2.84. The van der Waals surface area contributed by atoms with E-state index in [1.54, 1.807) is 11.3 Å². The highest BCUT2D eigenvalue weighted by atomic mass is 79.9. The zero-order valence-electron chi connectivity index (χ0n) is 10.4. The van der Waals surface area contributed by atoms with E-state index in [0.717, 1.165) is 30.5 Å². The van der Waals surface area contributed by atoms with Gasteiger partial charge in [-0.05, 0) is 60.3 Å². The number of rotatable bonds is 5. The normalized spacial score (nSPS) is 19.7. The van der Waals surface area contributed by atoms with Crippen LogP contribution in [-0.2, 0) is 11.2 Å². The summed E-state index contributed by atoms with van der Waals surface area (Å²) in [5.74, 6) is 0.717. The Bertz CT molecular complexity index is 388. The minimum atomic E-state index is 0.194. The fraction of sp³-hybridized carbons (Fsp3) is 0.615. The molecule has 1 saturated heterocycles. The molecule has 2 rings (SSSR count). The van der Waals surface area contributed by atoms with E-state index >= 15 is 0 Å². The average molecular weight is 331 g/mol. The molecule has 0 radical (unpaired) electrons. The van der Waals surface area contributed by atoms with E-state index in [-0.39, 0.29) is 5.91 Å². The lowest BCUT2D eigenvalue weighted by Gasteiger charge is -2.22. The highest BCUT2D eigenvalue weighted by molar-refractivity contribution is 9.10. The Labute approximate surface area is 120 Å². The standard InChI is InChI=1S/C13H19BrN2OS/c14-11-7-12(18-9-11)3-5-16-13(17)6-10-2-1-4-15-8-10/h7,9-10,15H,1-6,8H2,(H,16,17). The van der Waals surface area contributed by atoms with Crippen LogP contribution in [-0.4, -0.2) is 25.5 Å². The van der Waals surface area contributed by atoms with Crippen molar-refractivity contribution < 1.29 is 4.79 Å². The number of carbonyl (C=O) groups excluding carboxylic acids is 1. The molecule has 1 aromatic heterocycles. The number of halogens is 1. The van der Waals surface area contributed by atoms with Gasteiger partial charge in [-0.15, -0.1) is 11.3 Å². The van der Waals surface area contributed by atoms with E-state index in [1.165, 1.54) is 17.7 Å². The Morgan fingerprint density at radius 1 is 1.61 bits per heavy atom. The second-order valence-corrected chi connectivity index (χ2v) is 6.66. The minimum Gasteiger partial charge on any atom is -0.356 e. The van der Waals surface area contributed by atoms with Crippen LogP contribution in [0.5, 0.6) is 0 Å². The largest absolute Gasteiger partial charge is 0.356 e. The monoisotopic (exact) mass is 330 g/mol. The fourth-order valence-corrected chi connectivity index (χ4v) is 3.70. The Morgan fingerprint density at radius 3 is 3.17 bits per heavy atom. The molecule has 1 aromatic rings. The maximum Gasteiger partial charge on any atom is 0.220 e. The summed E-state index contributed by atoms with van der Waals surface area (Å²) in [6, 6.07) is 2.11. The van der Waals surface area contributed by atoms with Crippen molar-refractivity contribution in [3.63, 3.8) is 0 Å². The lowest BCUT2D eigenvalue weighted by Crippen LogP contribution is -2.34. The molecule has 0 spiro atoms. The molecular weight excluding hydrogens is 312 g/mol. The summed E-state index contributed by atoms with van der Waals surface area (Å²) in [6.07, 6.45) is 3.96. The number of nitrogens with one attached hydrogen (secondary N) is 2. The zero-order chi connectivity index (χ0) is 12.8. The lowest BCUT2D eigenvalue weighted by atomic mass is 9.96. The van der Waals surface area contributed by atoms with Gasteiger partial charge in [-0.3, -0.25) is 4.79 Å².